The fourth-order valence-electron chi connectivity index (χ4n) is 3.86. The van der Waals surface area contributed by atoms with Gasteiger partial charge in [0, 0.05) is 36.4 Å². The first-order valence-corrected chi connectivity index (χ1v) is 11.8. The molecule has 1 fully saturated rings. The Labute approximate surface area is 181 Å². The number of fused-ring (bicyclic) bond motifs is 1. The number of hydrogen-bond acceptors (Lipinski definition) is 5. The van der Waals surface area contributed by atoms with Gasteiger partial charge in [-0.05, 0) is 68.1 Å². The van der Waals surface area contributed by atoms with Crippen LogP contribution in [0.4, 0.5) is 11.4 Å². The molecule has 2 amide bonds. The fourth-order valence-corrected chi connectivity index (χ4v) is 5.53. The quantitative estimate of drug-likeness (QED) is 0.714. The van der Waals surface area contributed by atoms with Crippen LogP contribution in [0.3, 0.4) is 0 Å². The molecule has 2 heterocycles. The average Bonchev–Trinajstić information content (AvgIpc) is 3.30. The lowest BCUT2D eigenvalue weighted by Crippen LogP contribution is -2.28. The van der Waals surface area contributed by atoms with Gasteiger partial charge in [0.2, 0.25) is 15.9 Å². The molecule has 2 aliphatic heterocycles. The number of carbonyl (C=O) groups is 2. The van der Waals surface area contributed by atoms with E-state index in [1.165, 1.54) is 10.4 Å². The summed E-state index contributed by atoms with van der Waals surface area (Å²) in [4.78, 5) is 24.4. The van der Waals surface area contributed by atoms with E-state index in [1.54, 1.807) is 37.3 Å². The summed E-state index contributed by atoms with van der Waals surface area (Å²) < 4.78 is 33.2. The second kappa shape index (κ2) is 8.68. The first-order valence-electron chi connectivity index (χ1n) is 10.4. The lowest BCUT2D eigenvalue weighted by Gasteiger charge is -2.19. The molecule has 2 aromatic rings. The predicted molar refractivity (Wildman–Crippen MR) is 117 cm³/mol. The molecule has 1 saturated heterocycles. The maximum atomic E-state index is 13.1. The van der Waals surface area contributed by atoms with Crippen molar-refractivity contribution in [2.24, 2.45) is 0 Å². The zero-order valence-electron chi connectivity index (χ0n) is 17.3. The van der Waals surface area contributed by atoms with Gasteiger partial charge in [0.1, 0.15) is 10.6 Å². The van der Waals surface area contributed by atoms with Crippen molar-refractivity contribution in [3.63, 3.8) is 0 Å². The van der Waals surface area contributed by atoms with Gasteiger partial charge >= 0.3 is 0 Å². The first-order chi connectivity index (χ1) is 14.9. The van der Waals surface area contributed by atoms with Gasteiger partial charge in [0.05, 0.1) is 6.61 Å². The summed E-state index contributed by atoms with van der Waals surface area (Å²) in [5, 5.41) is 5.57. The molecule has 8 nitrogen and oxygen atoms in total. The number of amides is 2. The Balaban J connectivity index is 1.60. The first kappa shape index (κ1) is 21.3. The van der Waals surface area contributed by atoms with Crippen molar-refractivity contribution in [3.05, 3.63) is 47.5 Å². The number of nitrogens with one attached hydrogen (secondary N) is 2. The molecule has 0 bridgehead atoms. The van der Waals surface area contributed by atoms with Gasteiger partial charge in [-0.2, -0.15) is 4.31 Å². The van der Waals surface area contributed by atoms with Crippen molar-refractivity contribution >= 4 is 33.2 Å². The highest BCUT2D eigenvalue weighted by Gasteiger charge is 2.30. The molecule has 0 radical (unpaired) electrons. The van der Waals surface area contributed by atoms with Crippen molar-refractivity contribution in [3.8, 4) is 5.75 Å². The zero-order valence-corrected chi connectivity index (χ0v) is 18.1. The summed E-state index contributed by atoms with van der Waals surface area (Å²) >= 11 is 0. The number of aryl methyl sites for hydroxylation is 1. The minimum absolute atomic E-state index is 0.0363. The van der Waals surface area contributed by atoms with Crippen LogP contribution < -0.4 is 15.4 Å². The van der Waals surface area contributed by atoms with Gasteiger partial charge in [-0.15, -0.1) is 0 Å². The SMILES string of the molecule is CCOc1ccc(NC(=O)c2ccc3c(c2)CCC(=O)N3)cc1S(=O)(=O)N1CCCC1. The number of hydrogen-bond donors (Lipinski definition) is 2. The molecule has 0 saturated carbocycles. The maximum Gasteiger partial charge on any atom is 0.255 e. The van der Waals surface area contributed by atoms with E-state index >= 15 is 0 Å². The number of carbonyl (C=O) groups excluding carboxylic acids is 2. The van der Waals surface area contributed by atoms with Crippen LogP contribution >= 0.6 is 0 Å². The van der Waals surface area contributed by atoms with Crippen molar-refractivity contribution in [2.75, 3.05) is 30.3 Å². The zero-order chi connectivity index (χ0) is 22.0. The molecule has 164 valence electrons. The summed E-state index contributed by atoms with van der Waals surface area (Å²) in [6.07, 6.45) is 2.62. The van der Waals surface area contributed by atoms with Crippen molar-refractivity contribution in [2.45, 2.75) is 37.5 Å². The second-order valence-corrected chi connectivity index (χ2v) is 9.49. The molecular formula is C22H25N3O5S. The molecule has 4 rings (SSSR count). The number of ether oxygens (including phenoxy) is 1. The molecule has 9 heteroatoms. The van der Waals surface area contributed by atoms with E-state index in [0.29, 0.717) is 49.5 Å². The summed E-state index contributed by atoms with van der Waals surface area (Å²) in [5.74, 6) is -0.115. The van der Waals surface area contributed by atoms with Crippen LogP contribution in [0.25, 0.3) is 0 Å². The smallest absolute Gasteiger partial charge is 0.255 e. The van der Waals surface area contributed by atoms with Crippen LogP contribution in [0.5, 0.6) is 5.75 Å². The number of rotatable bonds is 6. The van der Waals surface area contributed by atoms with E-state index in [-0.39, 0.29) is 22.5 Å². The Morgan fingerprint density at radius 3 is 2.65 bits per heavy atom. The summed E-state index contributed by atoms with van der Waals surface area (Å²) in [6.45, 7) is 3.09. The largest absolute Gasteiger partial charge is 0.492 e. The van der Waals surface area contributed by atoms with Gasteiger partial charge in [-0.1, -0.05) is 0 Å². The summed E-state index contributed by atoms with van der Waals surface area (Å²) in [5.41, 5.74) is 2.43. The van der Waals surface area contributed by atoms with Gasteiger partial charge in [-0.25, -0.2) is 8.42 Å². The number of nitrogens with zero attached hydrogens (tertiary/aromatic N) is 1. The van der Waals surface area contributed by atoms with Crippen LogP contribution in [0.2, 0.25) is 0 Å². The van der Waals surface area contributed by atoms with E-state index in [4.69, 9.17) is 4.74 Å². The molecule has 2 N–H and O–H groups in total. The highest BCUT2D eigenvalue weighted by Crippen LogP contribution is 2.32. The van der Waals surface area contributed by atoms with E-state index in [2.05, 4.69) is 10.6 Å². The minimum Gasteiger partial charge on any atom is -0.492 e. The van der Waals surface area contributed by atoms with Gasteiger partial charge < -0.3 is 15.4 Å². The summed E-state index contributed by atoms with van der Waals surface area (Å²) in [7, 11) is -3.71. The third kappa shape index (κ3) is 4.42. The highest BCUT2D eigenvalue weighted by molar-refractivity contribution is 7.89. The molecule has 0 aliphatic carbocycles. The molecule has 0 unspecified atom stereocenters. The van der Waals surface area contributed by atoms with Crippen LogP contribution in [-0.4, -0.2) is 44.2 Å². The molecule has 2 aliphatic rings. The van der Waals surface area contributed by atoms with Crippen molar-refractivity contribution < 1.29 is 22.7 Å². The molecule has 2 aromatic carbocycles. The van der Waals surface area contributed by atoms with Crippen LogP contribution in [0.1, 0.15) is 42.1 Å². The lowest BCUT2D eigenvalue weighted by atomic mass is 10.00. The van der Waals surface area contributed by atoms with Crippen LogP contribution in [0, 0.1) is 0 Å². The number of sulfonamides is 1. The molecule has 0 spiro atoms. The predicted octanol–water partition coefficient (Wildman–Crippen LogP) is 3.01. The molecule has 0 atom stereocenters. The van der Waals surface area contributed by atoms with Gasteiger partial charge in [0.15, 0.2) is 0 Å². The van der Waals surface area contributed by atoms with Gasteiger partial charge in [-0.3, -0.25) is 9.59 Å². The van der Waals surface area contributed by atoms with E-state index in [9.17, 15) is 18.0 Å². The van der Waals surface area contributed by atoms with Crippen LogP contribution in [0.15, 0.2) is 41.3 Å². The molecule has 31 heavy (non-hydrogen) atoms. The Kier molecular flexibility index (Phi) is 5.97. The van der Waals surface area contributed by atoms with Crippen molar-refractivity contribution in [1.29, 1.82) is 0 Å². The van der Waals surface area contributed by atoms with Crippen LogP contribution in [-0.2, 0) is 21.2 Å². The third-order valence-corrected chi connectivity index (χ3v) is 7.37. The number of benzene rings is 2. The topological polar surface area (TPSA) is 105 Å². The van der Waals surface area contributed by atoms with Crippen molar-refractivity contribution in [1.82, 2.24) is 4.31 Å². The molecular weight excluding hydrogens is 418 g/mol. The minimum atomic E-state index is -3.71. The summed E-state index contributed by atoms with van der Waals surface area (Å²) in [6, 6.07) is 9.75. The fraction of sp³-hybridized carbons (Fsp3) is 0.364. The lowest BCUT2D eigenvalue weighted by molar-refractivity contribution is -0.116. The monoisotopic (exact) mass is 443 g/mol. The Morgan fingerprint density at radius 2 is 1.90 bits per heavy atom. The molecule has 0 aromatic heterocycles. The van der Waals surface area contributed by atoms with E-state index in [1.807, 2.05) is 0 Å². The van der Waals surface area contributed by atoms with E-state index < -0.39 is 10.0 Å². The van der Waals surface area contributed by atoms with E-state index in [0.717, 1.165) is 18.4 Å². The standard InChI is InChI=1S/C22H25N3O5S/c1-2-30-19-9-7-17(14-20(19)31(28,29)25-11-3-4-12-25)23-22(27)16-5-8-18-15(13-16)6-10-21(26)24-18/h5,7-9,13-14H,2-4,6,10-12H2,1H3,(H,23,27)(H,24,26). The Morgan fingerprint density at radius 1 is 1.13 bits per heavy atom. The number of anilines is 2. The maximum absolute atomic E-state index is 13.1. The third-order valence-electron chi connectivity index (χ3n) is 5.45. The average molecular weight is 444 g/mol. The normalized spacial score (nSPS) is 16.5. The highest BCUT2D eigenvalue weighted by atomic mass is 32.2. The van der Waals surface area contributed by atoms with Gasteiger partial charge in [0.25, 0.3) is 5.91 Å². The second-order valence-electron chi connectivity index (χ2n) is 7.58. The Hall–Kier alpha value is -2.91. The Bertz CT molecular complexity index is 1120.